The Morgan fingerprint density at radius 1 is 1.38 bits per heavy atom. The van der Waals surface area contributed by atoms with Crippen molar-refractivity contribution in [3.63, 3.8) is 0 Å². The number of nitrogens with zero attached hydrogens (tertiary/aromatic N) is 1. The molecule has 0 amide bonds. The van der Waals surface area contributed by atoms with Crippen LogP contribution in [0.25, 0.3) is 0 Å². The fraction of sp³-hybridized carbons (Fsp3) is 0.667. The minimum Gasteiger partial charge on any atom is -0.508 e. The maximum Gasteiger partial charge on any atom is 0.119 e. The van der Waals surface area contributed by atoms with Crippen LogP contribution >= 0.6 is 11.8 Å². The second-order valence-corrected chi connectivity index (χ2v) is 7.52. The molecule has 0 aromatic heterocycles. The van der Waals surface area contributed by atoms with Crippen molar-refractivity contribution in [2.75, 3.05) is 25.1 Å². The Hall–Kier alpha value is -0.670. The van der Waals surface area contributed by atoms with Crippen LogP contribution in [-0.2, 0) is 6.42 Å². The highest BCUT2D eigenvalue weighted by molar-refractivity contribution is 7.98. The Bertz CT molecular complexity index is 490. The molecule has 0 saturated carbocycles. The number of hydrogen-bond donors (Lipinski definition) is 1. The van der Waals surface area contributed by atoms with Crippen LogP contribution in [0.5, 0.6) is 5.75 Å². The first-order valence-corrected chi connectivity index (χ1v) is 9.67. The lowest BCUT2D eigenvalue weighted by molar-refractivity contribution is 0.0825. The summed E-state index contributed by atoms with van der Waals surface area (Å²) >= 11 is 1.98. The van der Waals surface area contributed by atoms with Crippen molar-refractivity contribution in [2.45, 2.75) is 44.6 Å². The summed E-state index contributed by atoms with van der Waals surface area (Å²) in [5, 5.41) is 10.2. The van der Waals surface area contributed by atoms with Crippen molar-refractivity contribution < 1.29 is 5.11 Å². The van der Waals surface area contributed by atoms with E-state index in [0.717, 1.165) is 12.3 Å². The number of likely N-dealkylation sites (tertiary alicyclic amines) is 1. The van der Waals surface area contributed by atoms with E-state index in [-0.39, 0.29) is 0 Å². The standard InChI is InChI=1S/C18H27NOS/c1-3-9-19-11-13(12-21-2)10-16-14-5-4-6-18(20)15(14)7-8-17(16)19/h4-6,13,16-17,20H,3,7-12H2,1-2H3/t13-,16-,17-/m1/s1. The predicted molar refractivity (Wildman–Crippen MR) is 91.3 cm³/mol. The third-order valence-corrected chi connectivity index (χ3v) is 6.01. The van der Waals surface area contributed by atoms with Crippen molar-refractivity contribution in [2.24, 2.45) is 5.92 Å². The zero-order chi connectivity index (χ0) is 14.8. The molecule has 0 radical (unpaired) electrons. The monoisotopic (exact) mass is 305 g/mol. The lowest BCUT2D eigenvalue weighted by Gasteiger charge is -2.48. The van der Waals surface area contributed by atoms with Crippen LogP contribution in [0.15, 0.2) is 18.2 Å². The van der Waals surface area contributed by atoms with Crippen LogP contribution in [0.3, 0.4) is 0 Å². The summed E-state index contributed by atoms with van der Waals surface area (Å²) in [7, 11) is 0. The summed E-state index contributed by atoms with van der Waals surface area (Å²) < 4.78 is 0. The molecule has 116 valence electrons. The molecule has 21 heavy (non-hydrogen) atoms. The predicted octanol–water partition coefficient (Wildman–Crippen LogP) is 3.89. The number of aromatic hydroxyl groups is 1. The van der Waals surface area contributed by atoms with Crippen molar-refractivity contribution in [1.82, 2.24) is 4.90 Å². The van der Waals surface area contributed by atoms with Gasteiger partial charge in [-0.05, 0) is 67.3 Å². The molecule has 2 nitrogen and oxygen atoms in total. The molecule has 1 saturated heterocycles. The van der Waals surface area contributed by atoms with Crippen LogP contribution in [0.1, 0.15) is 43.2 Å². The molecular formula is C18H27NOS. The van der Waals surface area contributed by atoms with E-state index in [0.29, 0.717) is 17.7 Å². The summed E-state index contributed by atoms with van der Waals surface area (Å²) in [6.07, 6.45) is 7.00. The molecule has 0 unspecified atom stereocenters. The van der Waals surface area contributed by atoms with E-state index in [1.165, 1.54) is 49.2 Å². The fourth-order valence-corrected chi connectivity index (χ4v) is 5.15. The van der Waals surface area contributed by atoms with Gasteiger partial charge in [0.1, 0.15) is 5.75 Å². The molecule has 1 aromatic rings. The van der Waals surface area contributed by atoms with E-state index >= 15 is 0 Å². The molecule has 1 heterocycles. The third-order valence-electron chi connectivity index (χ3n) is 5.20. The van der Waals surface area contributed by atoms with E-state index in [4.69, 9.17) is 0 Å². The maximum atomic E-state index is 10.2. The second kappa shape index (κ2) is 6.62. The molecule has 3 rings (SSSR count). The number of benzene rings is 1. The topological polar surface area (TPSA) is 23.5 Å². The Labute approximate surface area is 132 Å². The average Bonchev–Trinajstić information content (AvgIpc) is 2.48. The number of fused-ring (bicyclic) bond motifs is 3. The minimum absolute atomic E-state index is 0.514. The number of rotatable bonds is 4. The van der Waals surface area contributed by atoms with Gasteiger partial charge < -0.3 is 5.11 Å². The van der Waals surface area contributed by atoms with Gasteiger partial charge in [0.2, 0.25) is 0 Å². The van der Waals surface area contributed by atoms with Gasteiger partial charge >= 0.3 is 0 Å². The molecule has 3 atom stereocenters. The van der Waals surface area contributed by atoms with Crippen LogP contribution in [0.2, 0.25) is 0 Å². The van der Waals surface area contributed by atoms with Crippen molar-refractivity contribution >= 4 is 11.8 Å². The van der Waals surface area contributed by atoms with Crippen LogP contribution in [0, 0.1) is 5.92 Å². The summed E-state index contributed by atoms with van der Waals surface area (Å²) in [5.74, 6) is 3.19. The van der Waals surface area contributed by atoms with Crippen molar-refractivity contribution in [3.8, 4) is 5.75 Å². The van der Waals surface area contributed by atoms with Gasteiger partial charge in [-0.25, -0.2) is 0 Å². The zero-order valence-corrected chi connectivity index (χ0v) is 14.0. The van der Waals surface area contributed by atoms with Gasteiger partial charge in [0.15, 0.2) is 0 Å². The lowest BCUT2D eigenvalue weighted by atomic mass is 9.71. The Morgan fingerprint density at radius 3 is 3.00 bits per heavy atom. The summed E-state index contributed by atoms with van der Waals surface area (Å²) in [5.41, 5.74) is 2.65. The van der Waals surface area contributed by atoms with Gasteiger partial charge in [-0.2, -0.15) is 11.8 Å². The molecule has 1 fully saturated rings. The van der Waals surface area contributed by atoms with Gasteiger partial charge in [0.05, 0.1) is 0 Å². The largest absolute Gasteiger partial charge is 0.508 e. The van der Waals surface area contributed by atoms with Gasteiger partial charge in [-0.1, -0.05) is 19.1 Å². The maximum absolute atomic E-state index is 10.2. The van der Waals surface area contributed by atoms with Crippen LogP contribution in [-0.4, -0.2) is 41.1 Å². The Morgan fingerprint density at radius 2 is 2.24 bits per heavy atom. The molecule has 0 spiro atoms. The first-order valence-electron chi connectivity index (χ1n) is 8.28. The quantitative estimate of drug-likeness (QED) is 0.913. The average molecular weight is 305 g/mol. The van der Waals surface area contributed by atoms with Crippen molar-refractivity contribution in [1.29, 1.82) is 0 Å². The first-order chi connectivity index (χ1) is 10.2. The number of thioether (sulfide) groups is 1. The van der Waals surface area contributed by atoms with Crippen molar-refractivity contribution in [3.05, 3.63) is 29.3 Å². The van der Waals surface area contributed by atoms with Crippen LogP contribution < -0.4 is 0 Å². The number of piperidine rings is 1. The third kappa shape index (κ3) is 2.95. The van der Waals surface area contributed by atoms with E-state index in [2.05, 4.69) is 24.1 Å². The SMILES string of the molecule is CCCN1C[C@H](CSC)C[C@@H]2c3cccc(O)c3CC[C@H]21. The Kier molecular flexibility index (Phi) is 4.80. The van der Waals surface area contributed by atoms with E-state index in [9.17, 15) is 5.11 Å². The highest BCUT2D eigenvalue weighted by Crippen LogP contribution is 2.44. The number of phenolic OH excluding ortho intramolecular Hbond substituents is 1. The highest BCUT2D eigenvalue weighted by atomic mass is 32.2. The Balaban J connectivity index is 1.90. The second-order valence-electron chi connectivity index (χ2n) is 6.61. The van der Waals surface area contributed by atoms with E-state index < -0.39 is 0 Å². The van der Waals surface area contributed by atoms with Gasteiger partial charge in [0, 0.05) is 18.5 Å². The fourth-order valence-electron chi connectivity index (χ4n) is 4.44. The zero-order valence-electron chi connectivity index (χ0n) is 13.2. The van der Waals surface area contributed by atoms with E-state index in [1.54, 1.807) is 0 Å². The summed E-state index contributed by atoms with van der Waals surface area (Å²) in [4.78, 5) is 2.74. The lowest BCUT2D eigenvalue weighted by Crippen LogP contribution is -2.50. The van der Waals surface area contributed by atoms with Gasteiger partial charge in [0.25, 0.3) is 0 Å². The molecule has 0 bridgehead atoms. The van der Waals surface area contributed by atoms with Gasteiger partial charge in [-0.3, -0.25) is 4.90 Å². The highest BCUT2D eigenvalue weighted by Gasteiger charge is 2.39. The molecule has 1 aliphatic carbocycles. The number of hydrogen-bond acceptors (Lipinski definition) is 3. The smallest absolute Gasteiger partial charge is 0.119 e. The minimum atomic E-state index is 0.514. The molecule has 3 heteroatoms. The summed E-state index contributed by atoms with van der Waals surface area (Å²) in [6, 6.07) is 6.83. The summed E-state index contributed by atoms with van der Waals surface area (Å²) in [6.45, 7) is 4.78. The molecule has 1 aliphatic heterocycles. The molecular weight excluding hydrogens is 278 g/mol. The molecule has 1 N–H and O–H groups in total. The molecule has 2 aliphatic rings. The van der Waals surface area contributed by atoms with E-state index in [1.807, 2.05) is 23.9 Å². The van der Waals surface area contributed by atoms with Crippen LogP contribution in [0.4, 0.5) is 0 Å². The first kappa shape index (κ1) is 15.2. The normalized spacial score (nSPS) is 29.0. The number of phenols is 1. The van der Waals surface area contributed by atoms with Gasteiger partial charge in [-0.15, -0.1) is 0 Å². The molecule has 1 aromatic carbocycles.